The summed E-state index contributed by atoms with van der Waals surface area (Å²) >= 11 is 0. The van der Waals surface area contributed by atoms with Crippen LogP contribution in [0.3, 0.4) is 0 Å². The Morgan fingerprint density at radius 2 is 2.16 bits per heavy atom. The highest BCUT2D eigenvalue weighted by molar-refractivity contribution is 5.94. The number of nitrogens with zero attached hydrogens (tertiary/aromatic N) is 4. The lowest BCUT2D eigenvalue weighted by atomic mass is 9.69. The van der Waals surface area contributed by atoms with Crippen molar-refractivity contribution >= 4 is 17.8 Å². The van der Waals surface area contributed by atoms with Gasteiger partial charge in [0.2, 0.25) is 11.9 Å². The van der Waals surface area contributed by atoms with Crippen molar-refractivity contribution in [1.29, 1.82) is 0 Å². The molecule has 1 aromatic heterocycles. The number of hydrogen-bond acceptors (Lipinski definition) is 5. The molecule has 7 heteroatoms. The molecule has 2 aliphatic rings. The van der Waals surface area contributed by atoms with E-state index in [9.17, 15) is 9.59 Å². The first-order chi connectivity index (χ1) is 11.8. The lowest BCUT2D eigenvalue weighted by Gasteiger charge is -2.39. The van der Waals surface area contributed by atoms with Gasteiger partial charge in [-0.25, -0.2) is 9.97 Å². The average Bonchev–Trinajstić information content (AvgIpc) is 2.99. The van der Waals surface area contributed by atoms with Gasteiger partial charge in [0.1, 0.15) is 0 Å². The molecule has 0 spiro atoms. The average molecular weight is 345 g/mol. The van der Waals surface area contributed by atoms with Crippen molar-refractivity contribution in [1.82, 2.24) is 19.8 Å². The molecule has 3 rings (SSSR count). The maximum absolute atomic E-state index is 12.6. The molecule has 2 fully saturated rings. The summed E-state index contributed by atoms with van der Waals surface area (Å²) < 4.78 is 0. The molecule has 1 atom stereocenters. The molecule has 0 aromatic carbocycles. The molecule has 136 valence electrons. The molecule has 25 heavy (non-hydrogen) atoms. The first-order valence-corrected chi connectivity index (χ1v) is 8.94. The molecule has 2 N–H and O–H groups in total. The van der Waals surface area contributed by atoms with Gasteiger partial charge in [-0.1, -0.05) is 13.3 Å². The molecular weight excluding hydrogens is 318 g/mol. The number of aromatic nitrogens is 2. The Labute approximate surface area is 148 Å². The Kier molecular flexibility index (Phi) is 4.67. The minimum Gasteiger partial charge on any atom is -0.368 e. The number of likely N-dealkylation sites (tertiary alicyclic amines) is 1. The van der Waals surface area contributed by atoms with Crippen molar-refractivity contribution in [2.75, 3.05) is 32.4 Å². The van der Waals surface area contributed by atoms with Gasteiger partial charge in [0.25, 0.3) is 5.91 Å². The zero-order valence-corrected chi connectivity index (χ0v) is 15.3. The normalized spacial score (nSPS) is 21.7. The highest BCUT2D eigenvalue weighted by Gasteiger charge is 2.43. The van der Waals surface area contributed by atoms with Crippen LogP contribution in [0.25, 0.3) is 0 Å². The fraction of sp³-hybridized carbons (Fsp3) is 0.667. The Balaban J connectivity index is 1.57. The molecule has 1 saturated carbocycles. The molecule has 7 nitrogen and oxygen atoms in total. The summed E-state index contributed by atoms with van der Waals surface area (Å²) in [5, 5.41) is 0. The third-order valence-corrected chi connectivity index (χ3v) is 5.65. The Morgan fingerprint density at radius 3 is 2.76 bits per heavy atom. The van der Waals surface area contributed by atoms with E-state index in [1.807, 2.05) is 4.90 Å². The van der Waals surface area contributed by atoms with Crippen LogP contribution < -0.4 is 5.73 Å². The highest BCUT2D eigenvalue weighted by atomic mass is 16.2. The van der Waals surface area contributed by atoms with Crippen molar-refractivity contribution < 1.29 is 9.59 Å². The molecule has 0 radical (unpaired) electrons. The van der Waals surface area contributed by atoms with Gasteiger partial charge in [-0.2, -0.15) is 0 Å². The number of carbonyl (C=O) groups is 2. The summed E-state index contributed by atoms with van der Waals surface area (Å²) in [6, 6.07) is 0. The van der Waals surface area contributed by atoms with E-state index in [0.29, 0.717) is 23.7 Å². The highest BCUT2D eigenvalue weighted by Crippen LogP contribution is 2.42. The van der Waals surface area contributed by atoms with Crippen LogP contribution in [0.5, 0.6) is 0 Å². The number of nitrogens with two attached hydrogens (primary N) is 1. The molecule has 1 aliphatic heterocycles. The second-order valence-corrected chi connectivity index (χ2v) is 7.73. The number of rotatable bonds is 4. The molecule has 1 unspecified atom stereocenters. The maximum Gasteiger partial charge on any atom is 0.257 e. The predicted octanol–water partition coefficient (Wildman–Crippen LogP) is 1.48. The molecule has 1 saturated heterocycles. The van der Waals surface area contributed by atoms with Gasteiger partial charge in [-0.15, -0.1) is 0 Å². The number of aryl methyl sites for hydroxylation is 1. The van der Waals surface area contributed by atoms with Crippen LogP contribution >= 0.6 is 0 Å². The lowest BCUT2D eigenvalue weighted by molar-refractivity contribution is -0.145. The zero-order valence-electron chi connectivity index (χ0n) is 15.3. The first-order valence-electron chi connectivity index (χ1n) is 8.94. The van der Waals surface area contributed by atoms with Crippen molar-refractivity contribution in [3.8, 4) is 0 Å². The molecule has 1 aliphatic carbocycles. The Morgan fingerprint density at radius 1 is 1.44 bits per heavy atom. The second-order valence-electron chi connectivity index (χ2n) is 7.73. The Bertz CT molecular complexity index is 686. The summed E-state index contributed by atoms with van der Waals surface area (Å²) in [7, 11) is 1.79. The van der Waals surface area contributed by atoms with Crippen LogP contribution in [0.4, 0.5) is 5.95 Å². The zero-order chi connectivity index (χ0) is 18.2. The monoisotopic (exact) mass is 345 g/mol. The maximum atomic E-state index is 12.6. The first kappa shape index (κ1) is 17.6. The van der Waals surface area contributed by atoms with Crippen LogP contribution in [0.15, 0.2) is 6.20 Å². The summed E-state index contributed by atoms with van der Waals surface area (Å²) in [4.78, 5) is 36.9. The fourth-order valence-corrected chi connectivity index (χ4v) is 3.84. The molecular formula is C18H27N5O2. The number of nitrogen functional groups attached to an aromatic ring is 1. The molecule has 2 amide bonds. The van der Waals surface area contributed by atoms with Gasteiger partial charge < -0.3 is 15.5 Å². The van der Waals surface area contributed by atoms with E-state index in [4.69, 9.17) is 5.73 Å². The minimum atomic E-state index is -0.144. The van der Waals surface area contributed by atoms with Crippen molar-refractivity contribution in [3.05, 3.63) is 17.5 Å². The molecule has 0 bridgehead atoms. The second kappa shape index (κ2) is 6.61. The largest absolute Gasteiger partial charge is 0.368 e. The van der Waals surface area contributed by atoms with Crippen LogP contribution in [0.2, 0.25) is 0 Å². The van der Waals surface area contributed by atoms with Crippen LogP contribution in [0, 0.1) is 18.3 Å². The quantitative estimate of drug-likeness (QED) is 0.892. The van der Waals surface area contributed by atoms with E-state index >= 15 is 0 Å². The number of carbonyl (C=O) groups excluding carboxylic acids is 2. The number of amides is 2. The fourth-order valence-electron chi connectivity index (χ4n) is 3.84. The van der Waals surface area contributed by atoms with Crippen LogP contribution in [0.1, 0.15) is 48.7 Å². The van der Waals surface area contributed by atoms with Gasteiger partial charge in [0.15, 0.2) is 0 Å². The van der Waals surface area contributed by atoms with E-state index < -0.39 is 0 Å². The van der Waals surface area contributed by atoms with Gasteiger partial charge in [-0.05, 0) is 32.1 Å². The number of hydrogen-bond donors (Lipinski definition) is 1. The smallest absolute Gasteiger partial charge is 0.257 e. The Hall–Kier alpha value is -2.18. The van der Waals surface area contributed by atoms with E-state index in [2.05, 4.69) is 16.9 Å². The summed E-state index contributed by atoms with van der Waals surface area (Å²) in [5.41, 5.74) is 6.47. The SMILES string of the molecule is Cc1nc(N)ncc1C(=O)N(C)CC1CCN(C(=O)C2(C)CCC2)C1. The summed E-state index contributed by atoms with van der Waals surface area (Å²) in [6.45, 7) is 6.00. The standard InChI is InChI=1S/C18H27N5O2/c1-12-14(9-20-17(19)21-12)15(24)22(3)10-13-5-8-23(11-13)16(25)18(2)6-4-7-18/h9,13H,4-8,10-11H2,1-3H3,(H2,19,20,21). The van der Waals surface area contributed by atoms with Gasteiger partial charge >= 0.3 is 0 Å². The molecule has 1 aromatic rings. The van der Waals surface area contributed by atoms with E-state index in [-0.39, 0.29) is 23.2 Å². The summed E-state index contributed by atoms with van der Waals surface area (Å²) in [5.74, 6) is 0.675. The number of anilines is 1. The lowest BCUT2D eigenvalue weighted by Crippen LogP contribution is -2.45. The van der Waals surface area contributed by atoms with Gasteiger partial charge in [0, 0.05) is 38.3 Å². The van der Waals surface area contributed by atoms with Gasteiger partial charge in [-0.3, -0.25) is 9.59 Å². The van der Waals surface area contributed by atoms with Crippen LogP contribution in [-0.2, 0) is 4.79 Å². The predicted molar refractivity (Wildman–Crippen MR) is 94.8 cm³/mol. The van der Waals surface area contributed by atoms with E-state index in [0.717, 1.165) is 38.8 Å². The topological polar surface area (TPSA) is 92.4 Å². The minimum absolute atomic E-state index is 0.103. The van der Waals surface area contributed by atoms with Crippen molar-refractivity contribution in [3.63, 3.8) is 0 Å². The molecule has 2 heterocycles. The van der Waals surface area contributed by atoms with Gasteiger partial charge in [0.05, 0.1) is 11.3 Å². The van der Waals surface area contributed by atoms with E-state index in [1.165, 1.54) is 6.20 Å². The van der Waals surface area contributed by atoms with E-state index in [1.54, 1.807) is 18.9 Å². The van der Waals surface area contributed by atoms with Crippen molar-refractivity contribution in [2.24, 2.45) is 11.3 Å². The third kappa shape index (κ3) is 3.45. The third-order valence-electron chi connectivity index (χ3n) is 5.65. The van der Waals surface area contributed by atoms with Crippen LogP contribution in [-0.4, -0.2) is 58.3 Å². The summed E-state index contributed by atoms with van der Waals surface area (Å²) in [6.07, 6.45) is 5.58. The van der Waals surface area contributed by atoms with Crippen molar-refractivity contribution in [2.45, 2.75) is 39.5 Å².